The maximum absolute atomic E-state index is 14.3. The van der Waals surface area contributed by atoms with Gasteiger partial charge in [-0.3, -0.25) is 62.3 Å². The molecular weight excluding hydrogens is 1140 g/mol. The summed E-state index contributed by atoms with van der Waals surface area (Å²) in [6.07, 6.45) is -0.538. The number of rotatable bonds is 43. The van der Waals surface area contributed by atoms with Gasteiger partial charge in [0.25, 0.3) is 5.91 Å². The van der Waals surface area contributed by atoms with E-state index in [4.69, 9.17) is 17.2 Å². The Morgan fingerprint density at radius 3 is 1.19 bits per heavy atom. The van der Waals surface area contributed by atoms with Crippen LogP contribution in [0, 0.1) is 17.8 Å². The number of amides is 12. The van der Waals surface area contributed by atoms with Gasteiger partial charge in [0.15, 0.2) is 6.04 Å². The van der Waals surface area contributed by atoms with Crippen LogP contribution in [0.15, 0.2) is 30.3 Å². The number of benzene rings is 1. The molecule has 12 amide bonds. The van der Waals surface area contributed by atoms with Gasteiger partial charge in [0, 0.05) is 19.3 Å². The molecular formula is C55H92N14O16S+2. The minimum atomic E-state index is -1.80. The lowest BCUT2D eigenvalue weighted by Gasteiger charge is -2.29. The van der Waals surface area contributed by atoms with Gasteiger partial charge in [0.2, 0.25) is 65.0 Å². The number of nitrogens with one attached hydrogen (secondary N) is 9. The summed E-state index contributed by atoms with van der Waals surface area (Å²) >= 11 is 1.50. The molecule has 482 valence electrons. The maximum atomic E-state index is 14.3. The summed E-state index contributed by atoms with van der Waals surface area (Å²) in [7, 11) is 0. The van der Waals surface area contributed by atoms with Crippen LogP contribution in [0.25, 0.3) is 0 Å². The molecule has 0 saturated heterocycles. The minimum absolute atomic E-state index is 0.0674. The SMILES string of the molecule is CSCC[C@H]([NH3+])C(=O)N[C@@H](CCCC[NH3+])C(=O)N[C@@H](CC(=O)O)C(=O)N[C@@H](CC(C)C)C(=O)N[C@@H](CC(C)C)C(=O)N[C@@H](CC(N)=O)C(=O)N[C@@H](CC(C)C)C(=O)N[C@@H](Cc1ccccc1)C(=O)N[C@@H](CC(N)=O)C(=O)N[C@@H](CCC(N)=O)C(=O)O. The first-order chi connectivity index (χ1) is 40.3. The van der Waals surface area contributed by atoms with Gasteiger partial charge < -0.3 is 86.7 Å². The molecule has 0 bridgehead atoms. The zero-order valence-electron chi connectivity index (χ0n) is 50.2. The average Bonchev–Trinajstić information content (AvgIpc) is 3.53. The molecule has 0 radical (unpaired) electrons. The van der Waals surface area contributed by atoms with Crippen molar-refractivity contribution in [3.63, 3.8) is 0 Å². The van der Waals surface area contributed by atoms with Gasteiger partial charge in [0.1, 0.15) is 54.4 Å². The Labute approximate surface area is 504 Å². The first-order valence-corrected chi connectivity index (χ1v) is 29.9. The predicted molar refractivity (Wildman–Crippen MR) is 313 cm³/mol. The van der Waals surface area contributed by atoms with Crippen molar-refractivity contribution >= 4 is 94.6 Å². The highest BCUT2D eigenvalue weighted by Crippen LogP contribution is 2.14. The van der Waals surface area contributed by atoms with Crippen molar-refractivity contribution in [3.05, 3.63) is 35.9 Å². The molecule has 0 fully saturated rings. The molecule has 23 N–H and O–H groups in total. The number of hydrogen-bond acceptors (Lipinski definition) is 15. The summed E-state index contributed by atoms with van der Waals surface area (Å²) in [5, 5.41) is 41.7. The van der Waals surface area contributed by atoms with E-state index >= 15 is 0 Å². The molecule has 0 saturated carbocycles. The smallest absolute Gasteiger partial charge is 0.326 e. The van der Waals surface area contributed by atoms with Crippen LogP contribution in [-0.2, 0) is 73.5 Å². The highest BCUT2D eigenvalue weighted by Gasteiger charge is 2.37. The van der Waals surface area contributed by atoms with Gasteiger partial charge in [-0.2, -0.15) is 11.8 Å². The monoisotopic (exact) mass is 1240 g/mol. The molecule has 0 aliphatic rings. The van der Waals surface area contributed by atoms with E-state index in [1.807, 2.05) is 6.26 Å². The number of carboxylic acids is 2. The summed E-state index contributed by atoms with van der Waals surface area (Å²) in [5.41, 5.74) is 24.3. The summed E-state index contributed by atoms with van der Waals surface area (Å²) in [6, 6.07) is -6.74. The number of aliphatic carboxylic acids is 2. The first kappa shape index (κ1) is 76.1. The molecule has 1 rings (SSSR count). The number of carboxylic acid groups (broad SMARTS) is 2. The number of unbranched alkanes of at least 4 members (excludes halogenated alkanes) is 1. The standard InChI is InChI=1S/C55H90N14O16S/c1-28(2)21-35(65-54(83)41(27-45(73)74)69-47(76)33(15-11-12-19-56)61-46(75)32(57)18-20-86-7)48(77)63-37(23-30(5)6)50(79)67-40(26-44(60)72)53(82)64-36(22-29(3)4)49(78)66-38(24-31-13-9-8-10-14-31)51(80)68-39(25-43(59)71)52(81)62-34(55(84)85)16-17-42(58)70/h8-10,13-14,28-30,32-41H,11-12,15-27,56-57H2,1-7H3,(H2,58,70)(H2,59,71)(H2,60,72)(H,61,75)(H,62,81)(H,63,77)(H,64,82)(H,65,83)(H,66,78)(H,67,79)(H,68,80)(H,69,76)(H,73,74)(H,84,85)/p+2/t32-,33-,34-,35-,36-,37-,38-,39-,40-,41-/m0/s1. The van der Waals surface area contributed by atoms with Crippen molar-refractivity contribution in [1.82, 2.24) is 47.9 Å². The molecule has 1 aromatic rings. The van der Waals surface area contributed by atoms with Gasteiger partial charge in [0.05, 0.1) is 25.8 Å². The number of nitrogens with two attached hydrogens (primary N) is 3. The maximum Gasteiger partial charge on any atom is 0.326 e. The van der Waals surface area contributed by atoms with Crippen LogP contribution < -0.4 is 76.5 Å². The van der Waals surface area contributed by atoms with Gasteiger partial charge in [-0.15, -0.1) is 0 Å². The van der Waals surface area contributed by atoms with Crippen molar-refractivity contribution in [3.8, 4) is 0 Å². The topological polar surface area (TPSA) is 521 Å². The Hall–Kier alpha value is -7.93. The van der Waals surface area contributed by atoms with Crippen LogP contribution in [0.1, 0.15) is 124 Å². The lowest BCUT2D eigenvalue weighted by Crippen LogP contribution is -2.69. The van der Waals surface area contributed by atoms with E-state index < -0.39 is 175 Å². The van der Waals surface area contributed by atoms with Crippen molar-refractivity contribution in [2.24, 2.45) is 35.0 Å². The Balaban J connectivity index is 3.60. The fourth-order valence-electron chi connectivity index (χ4n) is 8.57. The number of hydrogen-bond donors (Lipinski definition) is 16. The number of carbonyl (C=O) groups excluding carboxylic acids is 12. The second-order valence-corrected chi connectivity index (χ2v) is 23.2. The van der Waals surface area contributed by atoms with E-state index in [1.54, 1.807) is 71.9 Å². The molecule has 0 aromatic heterocycles. The molecule has 31 heteroatoms. The first-order valence-electron chi connectivity index (χ1n) is 28.5. The molecule has 0 spiro atoms. The van der Waals surface area contributed by atoms with E-state index in [1.165, 1.54) is 11.8 Å². The van der Waals surface area contributed by atoms with E-state index in [2.05, 4.69) is 59.3 Å². The lowest BCUT2D eigenvalue weighted by molar-refractivity contribution is -0.404. The highest BCUT2D eigenvalue weighted by molar-refractivity contribution is 7.98. The van der Waals surface area contributed by atoms with Crippen molar-refractivity contribution in [2.75, 3.05) is 18.6 Å². The fraction of sp³-hybridized carbons (Fsp3) is 0.636. The zero-order valence-corrected chi connectivity index (χ0v) is 51.0. The van der Waals surface area contributed by atoms with Gasteiger partial charge in [-0.05, 0) is 80.3 Å². The van der Waals surface area contributed by atoms with Crippen LogP contribution in [0.2, 0.25) is 0 Å². The van der Waals surface area contributed by atoms with Crippen LogP contribution in [0.4, 0.5) is 0 Å². The highest BCUT2D eigenvalue weighted by atomic mass is 32.2. The molecule has 30 nitrogen and oxygen atoms in total. The van der Waals surface area contributed by atoms with E-state index in [9.17, 15) is 77.3 Å². The number of quaternary nitrogens is 2. The molecule has 0 heterocycles. The Morgan fingerprint density at radius 1 is 0.453 bits per heavy atom. The van der Waals surface area contributed by atoms with Crippen LogP contribution in [0.3, 0.4) is 0 Å². The second-order valence-electron chi connectivity index (χ2n) is 22.2. The third-order valence-corrected chi connectivity index (χ3v) is 13.6. The van der Waals surface area contributed by atoms with Gasteiger partial charge in [-0.1, -0.05) is 71.9 Å². The van der Waals surface area contributed by atoms with Crippen LogP contribution >= 0.6 is 11.8 Å². The van der Waals surface area contributed by atoms with Crippen LogP contribution in [0.5, 0.6) is 0 Å². The third-order valence-electron chi connectivity index (χ3n) is 13.0. The van der Waals surface area contributed by atoms with E-state index in [0.29, 0.717) is 37.1 Å². The summed E-state index contributed by atoms with van der Waals surface area (Å²) in [5.74, 6) is -15.2. The predicted octanol–water partition coefficient (Wildman–Crippen LogP) is -4.92. The van der Waals surface area contributed by atoms with Crippen molar-refractivity contribution < 1.29 is 88.8 Å². The Kier molecular flexibility index (Phi) is 35.1. The van der Waals surface area contributed by atoms with Crippen molar-refractivity contribution in [2.45, 2.75) is 185 Å². The molecule has 10 atom stereocenters. The Bertz CT molecular complexity index is 2490. The molecule has 0 aliphatic heterocycles. The average molecular weight is 1240 g/mol. The lowest BCUT2D eigenvalue weighted by atomic mass is 9.99. The molecule has 1 aromatic carbocycles. The van der Waals surface area contributed by atoms with E-state index in [0.717, 1.165) is 0 Å². The third kappa shape index (κ3) is 30.8. The van der Waals surface area contributed by atoms with Crippen molar-refractivity contribution in [1.29, 1.82) is 0 Å². The number of thioether (sulfide) groups is 1. The number of primary amides is 3. The second kappa shape index (κ2) is 39.6. The van der Waals surface area contributed by atoms with Gasteiger partial charge >= 0.3 is 11.9 Å². The quantitative estimate of drug-likeness (QED) is 0.0273. The number of carbonyl (C=O) groups is 14. The van der Waals surface area contributed by atoms with Gasteiger partial charge in [-0.25, -0.2) is 4.79 Å². The van der Waals surface area contributed by atoms with Crippen LogP contribution in [-0.4, -0.2) is 172 Å². The Morgan fingerprint density at radius 2 is 0.814 bits per heavy atom. The summed E-state index contributed by atoms with van der Waals surface area (Å²) in [4.78, 5) is 185. The minimum Gasteiger partial charge on any atom is -0.481 e. The largest absolute Gasteiger partial charge is 0.481 e. The molecule has 0 aliphatic carbocycles. The zero-order chi connectivity index (χ0) is 65.4. The normalized spacial score (nSPS) is 14.7. The molecule has 0 unspecified atom stereocenters. The molecule has 86 heavy (non-hydrogen) atoms. The van der Waals surface area contributed by atoms with E-state index in [-0.39, 0.29) is 49.9 Å². The summed E-state index contributed by atoms with van der Waals surface area (Å²) < 4.78 is 0. The summed E-state index contributed by atoms with van der Waals surface area (Å²) in [6.45, 7) is 10.8. The fourth-order valence-corrected chi connectivity index (χ4v) is 9.09.